The maximum absolute atomic E-state index is 13.3. The topological polar surface area (TPSA) is 72.8 Å². The van der Waals surface area contributed by atoms with Crippen LogP contribution in [0.4, 0.5) is 0 Å². The highest BCUT2D eigenvalue weighted by Gasteiger charge is 2.39. The van der Waals surface area contributed by atoms with Crippen molar-refractivity contribution in [3.63, 3.8) is 0 Å². The highest BCUT2D eigenvalue weighted by atomic mass is 32.1. The number of aromatic carboxylic acids is 1. The summed E-state index contributed by atoms with van der Waals surface area (Å²) < 4.78 is 11.3. The Labute approximate surface area is 162 Å². The zero-order valence-corrected chi connectivity index (χ0v) is 16.4. The van der Waals surface area contributed by atoms with Crippen LogP contribution in [0, 0.1) is 5.92 Å². The summed E-state index contributed by atoms with van der Waals surface area (Å²) in [5.74, 6) is -1.42. The van der Waals surface area contributed by atoms with Gasteiger partial charge in [-0.3, -0.25) is 4.79 Å². The quantitative estimate of drug-likeness (QED) is 0.687. The normalized spacial score (nSPS) is 16.6. The Morgan fingerprint density at radius 1 is 1.22 bits per heavy atom. The Morgan fingerprint density at radius 2 is 1.89 bits per heavy atom. The number of hydrogen-bond donors (Lipinski definition) is 1. The minimum absolute atomic E-state index is 0.0576. The molecule has 2 aromatic rings. The van der Waals surface area contributed by atoms with Gasteiger partial charge in [-0.2, -0.15) is 0 Å². The molecule has 1 aromatic heterocycles. The minimum Gasteiger partial charge on any atom is -0.477 e. The van der Waals surface area contributed by atoms with E-state index in [4.69, 9.17) is 9.47 Å². The lowest BCUT2D eigenvalue weighted by molar-refractivity contribution is -0.158. The molecular formula is C21H24O5S. The Hall–Kier alpha value is -2.02. The first-order valence-electron chi connectivity index (χ1n) is 9.25. The van der Waals surface area contributed by atoms with Crippen molar-refractivity contribution in [2.75, 3.05) is 13.2 Å². The first-order valence-corrected chi connectivity index (χ1v) is 10.1. The minimum atomic E-state index is -0.965. The summed E-state index contributed by atoms with van der Waals surface area (Å²) in [5, 5.41) is 9.60. The number of Topliss-reactive ketones (excluding diaryl/α,β-unsaturated/α-hetero) is 1. The molecule has 1 aliphatic rings. The third-order valence-corrected chi connectivity index (χ3v) is 5.98. The van der Waals surface area contributed by atoms with Crippen molar-refractivity contribution in [1.82, 2.24) is 0 Å². The van der Waals surface area contributed by atoms with Crippen LogP contribution < -0.4 is 0 Å². The number of fused-ring (bicyclic) bond motifs is 1. The number of carbonyl (C=O) groups excluding carboxylic acids is 1. The van der Waals surface area contributed by atoms with Crippen molar-refractivity contribution in [3.05, 3.63) is 56.8 Å². The molecule has 1 atom stereocenters. The van der Waals surface area contributed by atoms with Gasteiger partial charge < -0.3 is 14.6 Å². The van der Waals surface area contributed by atoms with Crippen LogP contribution in [-0.2, 0) is 22.3 Å². The maximum atomic E-state index is 13.3. The number of ether oxygens (including phenoxy) is 2. The molecule has 1 N–H and O–H groups in total. The lowest BCUT2D eigenvalue weighted by atomic mass is 9.81. The van der Waals surface area contributed by atoms with Crippen molar-refractivity contribution >= 4 is 23.1 Å². The molecule has 0 saturated heterocycles. The van der Waals surface area contributed by atoms with Gasteiger partial charge in [0.05, 0.1) is 5.92 Å². The third kappa shape index (κ3) is 4.13. The Morgan fingerprint density at radius 3 is 2.48 bits per heavy atom. The van der Waals surface area contributed by atoms with Gasteiger partial charge in [-0.1, -0.05) is 30.3 Å². The second kappa shape index (κ2) is 8.78. The predicted octanol–water partition coefficient (Wildman–Crippen LogP) is 4.18. The van der Waals surface area contributed by atoms with E-state index in [1.54, 1.807) is 0 Å². The molecule has 0 aliphatic heterocycles. The number of hydrogen-bond acceptors (Lipinski definition) is 5. The van der Waals surface area contributed by atoms with Crippen molar-refractivity contribution in [1.29, 1.82) is 0 Å². The van der Waals surface area contributed by atoms with Crippen LogP contribution in [0.25, 0.3) is 0 Å². The van der Waals surface area contributed by atoms with E-state index < -0.39 is 18.2 Å². The highest BCUT2D eigenvalue weighted by molar-refractivity contribution is 7.14. The van der Waals surface area contributed by atoms with E-state index in [9.17, 15) is 14.7 Å². The lowest BCUT2D eigenvalue weighted by Crippen LogP contribution is -2.36. The summed E-state index contributed by atoms with van der Waals surface area (Å²) in [5.41, 5.74) is 2.30. The number of benzene rings is 1. The molecule has 1 unspecified atom stereocenters. The van der Waals surface area contributed by atoms with E-state index >= 15 is 0 Å². The second-order valence-electron chi connectivity index (χ2n) is 6.46. The summed E-state index contributed by atoms with van der Waals surface area (Å²) in [6.45, 7) is 4.67. The molecule has 5 nitrogen and oxygen atoms in total. The molecule has 0 fully saturated rings. The van der Waals surface area contributed by atoms with Crippen LogP contribution in [0.3, 0.4) is 0 Å². The van der Waals surface area contributed by atoms with E-state index in [2.05, 4.69) is 0 Å². The number of thiophene rings is 1. The number of carboxylic acid groups (broad SMARTS) is 1. The van der Waals surface area contributed by atoms with Crippen LogP contribution >= 0.6 is 11.3 Å². The summed E-state index contributed by atoms with van der Waals surface area (Å²) in [4.78, 5) is 26.1. The van der Waals surface area contributed by atoms with E-state index in [0.717, 1.165) is 10.4 Å². The number of carboxylic acids is 1. The molecule has 144 valence electrons. The second-order valence-corrected chi connectivity index (χ2v) is 7.57. The highest BCUT2D eigenvalue weighted by Crippen LogP contribution is 2.39. The fourth-order valence-corrected chi connectivity index (χ4v) is 4.83. The molecule has 3 rings (SSSR count). The van der Waals surface area contributed by atoms with Crippen LogP contribution in [-0.4, -0.2) is 36.4 Å². The molecule has 0 spiro atoms. The molecule has 0 bridgehead atoms. The molecular weight excluding hydrogens is 364 g/mol. The largest absolute Gasteiger partial charge is 0.477 e. The van der Waals surface area contributed by atoms with Gasteiger partial charge in [-0.05, 0) is 37.8 Å². The maximum Gasteiger partial charge on any atom is 0.346 e. The molecule has 27 heavy (non-hydrogen) atoms. The molecule has 1 heterocycles. The monoisotopic (exact) mass is 388 g/mol. The van der Waals surface area contributed by atoms with Crippen molar-refractivity contribution < 1.29 is 24.2 Å². The Bertz CT molecular complexity index is 805. The SMILES string of the molecule is CCOC(OCC)C1CCc2c(C(=O)O)sc(Cc3ccccc3)c2C1=O. The van der Waals surface area contributed by atoms with Gasteiger partial charge >= 0.3 is 5.97 Å². The van der Waals surface area contributed by atoms with Crippen molar-refractivity contribution in [2.45, 2.75) is 39.4 Å². The van der Waals surface area contributed by atoms with Crippen LogP contribution in [0.1, 0.15) is 56.3 Å². The lowest BCUT2D eigenvalue weighted by Gasteiger charge is -2.29. The summed E-state index contributed by atoms with van der Waals surface area (Å²) in [6.07, 6.45) is 1.06. The summed E-state index contributed by atoms with van der Waals surface area (Å²) in [6, 6.07) is 9.80. The van der Waals surface area contributed by atoms with E-state index in [1.165, 1.54) is 11.3 Å². The van der Waals surface area contributed by atoms with Gasteiger partial charge in [-0.15, -0.1) is 11.3 Å². The van der Waals surface area contributed by atoms with Crippen LogP contribution in [0.2, 0.25) is 0 Å². The summed E-state index contributed by atoms with van der Waals surface area (Å²) >= 11 is 1.22. The predicted molar refractivity (Wildman–Crippen MR) is 104 cm³/mol. The molecule has 0 radical (unpaired) electrons. The molecule has 1 aliphatic carbocycles. The van der Waals surface area contributed by atoms with Gasteiger partial charge in [-0.25, -0.2) is 4.79 Å². The summed E-state index contributed by atoms with van der Waals surface area (Å²) in [7, 11) is 0. The van der Waals surface area contributed by atoms with Gasteiger partial charge in [0.15, 0.2) is 12.1 Å². The van der Waals surface area contributed by atoms with Gasteiger partial charge in [0.1, 0.15) is 4.88 Å². The number of rotatable bonds is 8. The van der Waals surface area contributed by atoms with Gasteiger partial charge in [0.25, 0.3) is 0 Å². The Balaban J connectivity index is 1.99. The van der Waals surface area contributed by atoms with Crippen LogP contribution in [0.15, 0.2) is 30.3 Å². The first kappa shape index (κ1) is 19.7. The fraction of sp³-hybridized carbons (Fsp3) is 0.429. The van der Waals surface area contributed by atoms with Crippen molar-refractivity contribution in [2.24, 2.45) is 5.92 Å². The average molecular weight is 388 g/mol. The zero-order chi connectivity index (χ0) is 19.4. The fourth-order valence-electron chi connectivity index (χ4n) is 3.61. The molecule has 0 saturated carbocycles. The van der Waals surface area contributed by atoms with Crippen molar-refractivity contribution in [3.8, 4) is 0 Å². The first-order chi connectivity index (χ1) is 13.1. The van der Waals surface area contributed by atoms with E-state index in [1.807, 2.05) is 44.2 Å². The number of ketones is 1. The standard InChI is InChI=1S/C21H24O5S/c1-3-25-21(26-4-2)15-11-10-14-17(18(15)22)16(27-19(14)20(23)24)12-13-8-6-5-7-9-13/h5-9,15,21H,3-4,10-12H2,1-2H3,(H,23,24). The van der Waals surface area contributed by atoms with E-state index in [0.29, 0.717) is 43.6 Å². The molecule has 1 aromatic carbocycles. The zero-order valence-electron chi connectivity index (χ0n) is 15.6. The van der Waals surface area contributed by atoms with Crippen LogP contribution in [0.5, 0.6) is 0 Å². The smallest absolute Gasteiger partial charge is 0.346 e. The Kier molecular flexibility index (Phi) is 6.42. The average Bonchev–Trinajstić information content (AvgIpc) is 3.02. The van der Waals surface area contributed by atoms with Gasteiger partial charge in [0, 0.05) is 30.1 Å². The molecule has 0 amide bonds. The number of carbonyl (C=O) groups is 2. The van der Waals surface area contributed by atoms with Gasteiger partial charge in [0.2, 0.25) is 0 Å². The molecule has 6 heteroatoms. The van der Waals surface area contributed by atoms with E-state index in [-0.39, 0.29) is 10.7 Å². The third-order valence-electron chi connectivity index (χ3n) is 4.76.